The van der Waals surface area contributed by atoms with Crippen molar-refractivity contribution < 1.29 is 40.6 Å². The van der Waals surface area contributed by atoms with Crippen LogP contribution >= 0.6 is 0 Å². The lowest BCUT2D eigenvalue weighted by molar-refractivity contribution is -0.138. The molecule has 2 aromatic heterocycles. The number of halogens is 4. The lowest BCUT2D eigenvalue weighted by Gasteiger charge is -2.17. The van der Waals surface area contributed by atoms with Crippen molar-refractivity contribution in [3.05, 3.63) is 71.7 Å². The first kappa shape index (κ1) is 29.9. The monoisotopic (exact) mass is 570 g/mol. The number of carbonyl (C=O) groups is 1. The summed E-state index contributed by atoms with van der Waals surface area (Å²) in [6, 6.07) is 10.9. The molecule has 0 radical (unpaired) electrons. The average molecular weight is 571 g/mol. The largest absolute Gasteiger partial charge is 0.481 e. The van der Waals surface area contributed by atoms with Crippen molar-refractivity contribution in [2.45, 2.75) is 37.1 Å². The van der Waals surface area contributed by atoms with E-state index in [1.807, 2.05) is 0 Å². The highest BCUT2D eigenvalue weighted by Crippen LogP contribution is 2.38. The summed E-state index contributed by atoms with van der Waals surface area (Å²) in [5, 5.41) is 11.0. The van der Waals surface area contributed by atoms with Crippen LogP contribution in [0, 0.1) is 5.95 Å². The summed E-state index contributed by atoms with van der Waals surface area (Å²) in [6.45, 7) is 1.37. The molecule has 3 aromatic rings. The van der Waals surface area contributed by atoms with Crippen molar-refractivity contribution in [1.29, 1.82) is 0 Å². The molecule has 14 heteroatoms. The van der Waals surface area contributed by atoms with Crippen LogP contribution in [-0.4, -0.2) is 49.2 Å². The number of ether oxygens (including phenoxy) is 1. The van der Waals surface area contributed by atoms with Crippen molar-refractivity contribution in [3.8, 4) is 11.3 Å². The summed E-state index contributed by atoms with van der Waals surface area (Å²) in [5.41, 5.74) is -1.08. The van der Waals surface area contributed by atoms with Gasteiger partial charge in [0, 0.05) is 18.6 Å². The van der Waals surface area contributed by atoms with E-state index in [0.717, 1.165) is 24.3 Å². The molecule has 3 rings (SSSR count). The summed E-state index contributed by atoms with van der Waals surface area (Å²) in [7, 11) is -4.43. The Morgan fingerprint density at radius 3 is 2.44 bits per heavy atom. The molecule has 0 aliphatic rings. The molecule has 0 atom stereocenters. The molecule has 0 unspecified atom stereocenters. The van der Waals surface area contributed by atoms with Crippen LogP contribution in [0.1, 0.15) is 30.4 Å². The molecule has 0 saturated heterocycles. The fraction of sp³-hybridized carbons (Fsp3) is 0.320. The molecule has 0 aliphatic heterocycles. The molecular weight excluding hydrogens is 544 g/mol. The highest BCUT2D eigenvalue weighted by Gasteiger charge is 2.35. The zero-order chi connectivity index (χ0) is 28.5. The first-order valence-corrected chi connectivity index (χ1v) is 13.3. The van der Waals surface area contributed by atoms with Gasteiger partial charge in [0.25, 0.3) is 10.0 Å². The molecule has 9 nitrogen and oxygen atoms in total. The number of hydrogen-bond acceptors (Lipinski definition) is 7. The Bertz CT molecular complexity index is 1390. The number of carboxylic acids is 1. The van der Waals surface area contributed by atoms with E-state index in [1.165, 1.54) is 12.1 Å². The smallest absolute Gasteiger partial charge is 0.418 e. The predicted molar refractivity (Wildman–Crippen MR) is 134 cm³/mol. The van der Waals surface area contributed by atoms with Gasteiger partial charge in [-0.15, -0.1) is 0 Å². The number of nitrogens with zero attached hydrogens (tertiary/aromatic N) is 2. The maximum absolute atomic E-state index is 13.9. The zero-order valence-corrected chi connectivity index (χ0v) is 21.4. The topological polar surface area (TPSA) is 131 Å². The van der Waals surface area contributed by atoms with Crippen LogP contribution in [0.25, 0.3) is 11.3 Å². The van der Waals surface area contributed by atoms with Crippen LogP contribution in [0.2, 0.25) is 0 Å². The van der Waals surface area contributed by atoms with Crippen molar-refractivity contribution in [2.75, 3.05) is 24.4 Å². The number of anilines is 1. The number of nitrogens with one attached hydrogen (secondary N) is 2. The second-order valence-electron chi connectivity index (χ2n) is 8.31. The minimum Gasteiger partial charge on any atom is -0.481 e. The molecule has 2 heterocycles. The van der Waals surface area contributed by atoms with Crippen LogP contribution < -0.4 is 10.0 Å². The summed E-state index contributed by atoms with van der Waals surface area (Å²) >= 11 is 0. The number of sulfonamides is 1. The van der Waals surface area contributed by atoms with E-state index in [0.29, 0.717) is 44.2 Å². The van der Waals surface area contributed by atoms with Gasteiger partial charge in [-0.05, 0) is 55.8 Å². The zero-order valence-electron chi connectivity index (χ0n) is 20.5. The highest BCUT2D eigenvalue weighted by molar-refractivity contribution is 7.92. The van der Waals surface area contributed by atoms with Gasteiger partial charge in [-0.2, -0.15) is 26.0 Å². The number of aliphatic carboxylic acids is 1. The lowest BCUT2D eigenvalue weighted by Crippen LogP contribution is -2.19. The minimum absolute atomic E-state index is 0.0304. The molecule has 0 bridgehead atoms. The van der Waals surface area contributed by atoms with E-state index in [4.69, 9.17) is 9.84 Å². The molecular formula is C25H26F4N4O5S. The standard InChI is InChI=1S/C25H26F4N4O5S/c26-20-8-3-9-22(31-20)39(36,37)33-21-12-11-19(25(27,28)29)24(32-21)18-7-2-1-6-17(18)16-38-15-5-14-30-13-4-10-23(34)35/h1-3,6-9,11-12,30H,4-5,10,13-16H2,(H,32,33)(H,34,35). The number of pyridine rings is 2. The van der Waals surface area contributed by atoms with Gasteiger partial charge in [0.15, 0.2) is 5.03 Å². The summed E-state index contributed by atoms with van der Waals surface area (Å²) < 4.78 is 87.9. The SMILES string of the molecule is O=C(O)CCCNCCCOCc1ccccc1-c1nc(NS(=O)(=O)c2cccc(F)n2)ccc1C(F)(F)F. The third-order valence-electron chi connectivity index (χ3n) is 5.32. The van der Waals surface area contributed by atoms with Crippen molar-refractivity contribution in [3.63, 3.8) is 0 Å². The molecule has 210 valence electrons. The molecule has 39 heavy (non-hydrogen) atoms. The molecule has 0 fully saturated rings. The third kappa shape index (κ3) is 8.97. The molecule has 0 saturated carbocycles. The maximum atomic E-state index is 13.9. The van der Waals surface area contributed by atoms with E-state index in [2.05, 4.69) is 20.0 Å². The van der Waals surface area contributed by atoms with Crippen LogP contribution in [0.4, 0.5) is 23.4 Å². The molecule has 1 aromatic carbocycles. The Hall–Kier alpha value is -3.62. The quantitative estimate of drug-likeness (QED) is 0.147. The number of alkyl halides is 3. The second-order valence-corrected chi connectivity index (χ2v) is 9.93. The number of carboxylic acid groups (broad SMARTS) is 1. The van der Waals surface area contributed by atoms with Crippen LogP contribution in [0.3, 0.4) is 0 Å². The number of aromatic nitrogens is 2. The average Bonchev–Trinajstić information content (AvgIpc) is 2.87. The van der Waals surface area contributed by atoms with E-state index < -0.39 is 50.2 Å². The molecule has 0 amide bonds. The Morgan fingerprint density at radius 1 is 0.974 bits per heavy atom. The van der Waals surface area contributed by atoms with Crippen molar-refractivity contribution in [2.24, 2.45) is 0 Å². The van der Waals surface area contributed by atoms with Crippen LogP contribution in [0.5, 0.6) is 0 Å². The van der Waals surface area contributed by atoms with Gasteiger partial charge in [-0.1, -0.05) is 30.3 Å². The van der Waals surface area contributed by atoms with Gasteiger partial charge >= 0.3 is 12.1 Å². The Balaban J connectivity index is 1.76. The van der Waals surface area contributed by atoms with Crippen molar-refractivity contribution >= 4 is 21.8 Å². The number of hydrogen-bond donors (Lipinski definition) is 3. The first-order chi connectivity index (χ1) is 18.5. The van der Waals surface area contributed by atoms with Crippen LogP contribution in [0.15, 0.2) is 59.6 Å². The molecule has 3 N–H and O–H groups in total. The van der Waals surface area contributed by atoms with Gasteiger partial charge in [0.1, 0.15) is 5.82 Å². The number of benzene rings is 1. The van der Waals surface area contributed by atoms with Gasteiger partial charge < -0.3 is 15.2 Å². The Morgan fingerprint density at radius 2 is 1.72 bits per heavy atom. The van der Waals surface area contributed by atoms with Crippen molar-refractivity contribution in [1.82, 2.24) is 15.3 Å². The molecule has 0 aliphatic carbocycles. The van der Waals surface area contributed by atoms with Gasteiger partial charge in [0.2, 0.25) is 5.95 Å². The van der Waals surface area contributed by atoms with Gasteiger partial charge in [-0.25, -0.2) is 9.97 Å². The number of rotatable bonds is 14. The fourth-order valence-corrected chi connectivity index (χ4v) is 4.49. The van der Waals surface area contributed by atoms with E-state index in [1.54, 1.807) is 12.1 Å². The minimum atomic E-state index is -4.79. The Kier molecular flexibility index (Phi) is 10.3. The van der Waals surface area contributed by atoms with Crippen LogP contribution in [-0.2, 0) is 32.3 Å². The predicted octanol–water partition coefficient (Wildman–Crippen LogP) is 4.46. The lowest BCUT2D eigenvalue weighted by atomic mass is 10.00. The van der Waals surface area contributed by atoms with E-state index >= 15 is 0 Å². The van der Waals surface area contributed by atoms with Gasteiger partial charge in [-0.3, -0.25) is 9.52 Å². The summed E-state index contributed by atoms with van der Waals surface area (Å²) in [4.78, 5) is 17.8. The fourth-order valence-electron chi connectivity index (χ4n) is 3.53. The first-order valence-electron chi connectivity index (χ1n) is 11.8. The van der Waals surface area contributed by atoms with E-state index in [-0.39, 0.29) is 18.6 Å². The van der Waals surface area contributed by atoms with Gasteiger partial charge in [0.05, 0.1) is 17.9 Å². The third-order valence-corrected chi connectivity index (χ3v) is 6.58. The maximum Gasteiger partial charge on any atom is 0.418 e. The molecule has 0 spiro atoms. The normalized spacial score (nSPS) is 11.9. The highest BCUT2D eigenvalue weighted by atomic mass is 32.2. The van der Waals surface area contributed by atoms with E-state index in [9.17, 15) is 30.8 Å². The summed E-state index contributed by atoms with van der Waals surface area (Å²) in [5.74, 6) is -2.32. The Labute approximate surface area is 222 Å². The summed E-state index contributed by atoms with van der Waals surface area (Å²) in [6.07, 6.45) is -3.64. The second kappa shape index (κ2) is 13.4.